The normalized spacial score (nSPS) is 32.6. The summed E-state index contributed by atoms with van der Waals surface area (Å²) in [7, 11) is 0. The summed E-state index contributed by atoms with van der Waals surface area (Å²) >= 11 is 0. The van der Waals surface area contributed by atoms with Gasteiger partial charge in [0.1, 0.15) is 5.76 Å². The first-order chi connectivity index (χ1) is 4.38. The van der Waals surface area contributed by atoms with Crippen molar-refractivity contribution in [2.45, 2.75) is 18.4 Å². The van der Waals surface area contributed by atoms with Gasteiger partial charge in [-0.25, -0.2) is 4.98 Å². The summed E-state index contributed by atoms with van der Waals surface area (Å²) in [4.78, 5) is 3.80. The van der Waals surface area contributed by atoms with Gasteiger partial charge < -0.3 is 10.2 Å². The summed E-state index contributed by atoms with van der Waals surface area (Å²) in [6, 6.07) is 0.318. The maximum Gasteiger partial charge on any atom is 0.180 e. The molecule has 2 unspecified atom stereocenters. The van der Waals surface area contributed by atoms with Gasteiger partial charge in [-0.3, -0.25) is 0 Å². The summed E-state index contributed by atoms with van der Waals surface area (Å²) in [5, 5.41) is 0. The van der Waals surface area contributed by atoms with Crippen LogP contribution in [0.1, 0.15) is 18.1 Å². The molecule has 0 radical (unpaired) electrons. The second-order valence-electron chi connectivity index (χ2n) is 2.41. The molecule has 2 N–H and O–H groups in total. The average Bonchev–Trinajstić information content (AvgIpc) is 2.44. The second-order valence-corrected chi connectivity index (χ2v) is 2.41. The van der Waals surface area contributed by atoms with Gasteiger partial charge >= 0.3 is 0 Å². The molecule has 1 saturated carbocycles. The fourth-order valence-corrected chi connectivity index (χ4v) is 0.951. The van der Waals surface area contributed by atoms with Gasteiger partial charge in [0.15, 0.2) is 6.39 Å². The lowest BCUT2D eigenvalue weighted by atomic mass is 10.3. The number of oxazole rings is 1. The Morgan fingerprint density at radius 3 is 3.00 bits per heavy atom. The van der Waals surface area contributed by atoms with Crippen molar-refractivity contribution in [2.24, 2.45) is 5.73 Å². The number of rotatable bonds is 1. The van der Waals surface area contributed by atoms with Gasteiger partial charge in [-0.15, -0.1) is 0 Å². The highest BCUT2D eigenvalue weighted by molar-refractivity contribution is 5.14. The predicted molar refractivity (Wildman–Crippen MR) is 31.8 cm³/mol. The van der Waals surface area contributed by atoms with Crippen LogP contribution in [0.25, 0.3) is 0 Å². The minimum atomic E-state index is 0.318. The highest BCUT2D eigenvalue weighted by Crippen LogP contribution is 2.38. The number of nitrogens with zero attached hydrogens (tertiary/aromatic N) is 1. The van der Waals surface area contributed by atoms with Gasteiger partial charge in [-0.1, -0.05) is 0 Å². The third-order valence-corrected chi connectivity index (χ3v) is 1.66. The molecular formula is C6H8N2O. The molecule has 1 fully saturated rings. The second kappa shape index (κ2) is 1.57. The van der Waals surface area contributed by atoms with Crippen LogP contribution in [0, 0.1) is 0 Å². The van der Waals surface area contributed by atoms with Gasteiger partial charge in [-0.2, -0.15) is 0 Å². The molecule has 1 aromatic rings. The van der Waals surface area contributed by atoms with E-state index >= 15 is 0 Å². The molecule has 0 aliphatic heterocycles. The quantitative estimate of drug-likeness (QED) is 0.592. The van der Waals surface area contributed by atoms with Gasteiger partial charge in [0.25, 0.3) is 0 Å². The van der Waals surface area contributed by atoms with Crippen LogP contribution in [0.15, 0.2) is 17.0 Å². The average molecular weight is 124 g/mol. The number of hydrogen-bond acceptors (Lipinski definition) is 3. The van der Waals surface area contributed by atoms with Gasteiger partial charge in [0.2, 0.25) is 0 Å². The largest absolute Gasteiger partial charge is 0.448 e. The van der Waals surface area contributed by atoms with Crippen LogP contribution in [-0.4, -0.2) is 11.0 Å². The molecule has 0 saturated heterocycles. The first kappa shape index (κ1) is 4.99. The van der Waals surface area contributed by atoms with E-state index < -0.39 is 0 Å². The summed E-state index contributed by atoms with van der Waals surface area (Å²) < 4.78 is 5.04. The van der Waals surface area contributed by atoms with Gasteiger partial charge in [-0.05, 0) is 6.42 Å². The van der Waals surface area contributed by atoms with Crippen LogP contribution < -0.4 is 5.73 Å². The number of aromatic nitrogens is 1. The van der Waals surface area contributed by atoms with Gasteiger partial charge in [0.05, 0.1) is 6.20 Å². The molecule has 1 heterocycles. The topological polar surface area (TPSA) is 52.0 Å². The highest BCUT2D eigenvalue weighted by Gasteiger charge is 2.37. The van der Waals surface area contributed by atoms with E-state index in [4.69, 9.17) is 10.2 Å². The van der Waals surface area contributed by atoms with Crippen molar-refractivity contribution in [1.82, 2.24) is 4.98 Å². The Kier molecular flexibility index (Phi) is 0.873. The molecule has 3 heteroatoms. The third-order valence-electron chi connectivity index (χ3n) is 1.66. The molecule has 2 atom stereocenters. The number of hydrogen-bond donors (Lipinski definition) is 1. The third kappa shape index (κ3) is 0.733. The number of nitrogens with two attached hydrogens (primary N) is 1. The molecule has 9 heavy (non-hydrogen) atoms. The lowest BCUT2D eigenvalue weighted by Gasteiger charge is -1.84. The zero-order valence-electron chi connectivity index (χ0n) is 4.95. The molecule has 1 aliphatic carbocycles. The molecule has 0 aromatic carbocycles. The van der Waals surface area contributed by atoms with Crippen molar-refractivity contribution in [1.29, 1.82) is 0 Å². The fourth-order valence-electron chi connectivity index (χ4n) is 0.951. The lowest BCUT2D eigenvalue weighted by Crippen LogP contribution is -1.99. The minimum Gasteiger partial charge on any atom is -0.448 e. The summed E-state index contributed by atoms with van der Waals surface area (Å²) in [6.45, 7) is 0. The van der Waals surface area contributed by atoms with Crippen molar-refractivity contribution in [2.75, 3.05) is 0 Å². The molecule has 1 aromatic heterocycles. The van der Waals surface area contributed by atoms with Crippen LogP contribution >= 0.6 is 0 Å². The molecule has 0 spiro atoms. The van der Waals surface area contributed by atoms with Crippen LogP contribution in [0.4, 0.5) is 0 Å². The highest BCUT2D eigenvalue weighted by atomic mass is 16.3. The first-order valence-corrected chi connectivity index (χ1v) is 3.02. The van der Waals surface area contributed by atoms with E-state index in [2.05, 4.69) is 4.98 Å². The van der Waals surface area contributed by atoms with Crippen molar-refractivity contribution >= 4 is 0 Å². The van der Waals surface area contributed by atoms with Crippen molar-refractivity contribution in [3.63, 3.8) is 0 Å². The molecule has 48 valence electrons. The maximum absolute atomic E-state index is 5.57. The maximum atomic E-state index is 5.57. The summed E-state index contributed by atoms with van der Waals surface area (Å²) in [5.41, 5.74) is 5.57. The molecule has 0 bridgehead atoms. The van der Waals surface area contributed by atoms with Crippen LogP contribution in [-0.2, 0) is 0 Å². The molecule has 2 rings (SSSR count). The van der Waals surface area contributed by atoms with Crippen molar-refractivity contribution in [3.05, 3.63) is 18.4 Å². The fraction of sp³-hybridized carbons (Fsp3) is 0.500. The molecule has 1 aliphatic rings. The van der Waals surface area contributed by atoms with Crippen LogP contribution in [0.2, 0.25) is 0 Å². The Bertz CT molecular complexity index is 195. The Morgan fingerprint density at radius 2 is 2.56 bits per heavy atom. The van der Waals surface area contributed by atoms with E-state index in [9.17, 15) is 0 Å². The van der Waals surface area contributed by atoms with E-state index in [1.165, 1.54) is 6.39 Å². The Balaban J connectivity index is 2.18. The monoisotopic (exact) mass is 124 g/mol. The Hall–Kier alpha value is -0.830. The Labute approximate surface area is 52.9 Å². The standard InChI is InChI=1S/C6H8N2O/c7-5-1-4(5)6-2-8-3-9-6/h2-5H,1,7H2. The van der Waals surface area contributed by atoms with E-state index in [1.807, 2.05) is 0 Å². The molecular weight excluding hydrogens is 116 g/mol. The predicted octanol–water partition coefficient (Wildman–Crippen LogP) is 0.489. The lowest BCUT2D eigenvalue weighted by molar-refractivity contribution is 0.503. The van der Waals surface area contributed by atoms with E-state index in [0.29, 0.717) is 12.0 Å². The van der Waals surface area contributed by atoms with E-state index in [1.54, 1.807) is 6.20 Å². The van der Waals surface area contributed by atoms with Crippen molar-refractivity contribution < 1.29 is 4.42 Å². The molecule has 0 amide bonds. The summed E-state index contributed by atoms with van der Waals surface area (Å²) in [6.07, 6.45) is 4.23. The van der Waals surface area contributed by atoms with E-state index in [-0.39, 0.29) is 0 Å². The zero-order chi connectivity index (χ0) is 6.27. The van der Waals surface area contributed by atoms with Crippen LogP contribution in [0.3, 0.4) is 0 Å². The zero-order valence-corrected chi connectivity index (χ0v) is 4.95. The van der Waals surface area contributed by atoms with Gasteiger partial charge in [0, 0.05) is 12.0 Å². The Morgan fingerprint density at radius 1 is 1.78 bits per heavy atom. The SMILES string of the molecule is NC1CC1c1cnco1. The smallest absolute Gasteiger partial charge is 0.180 e. The summed E-state index contributed by atoms with van der Waals surface area (Å²) in [5.74, 6) is 1.38. The first-order valence-electron chi connectivity index (χ1n) is 3.02. The minimum absolute atomic E-state index is 0.318. The van der Waals surface area contributed by atoms with E-state index in [0.717, 1.165) is 12.2 Å². The molecule has 3 nitrogen and oxygen atoms in total. The van der Waals surface area contributed by atoms with Crippen molar-refractivity contribution in [3.8, 4) is 0 Å². The van der Waals surface area contributed by atoms with Crippen LogP contribution in [0.5, 0.6) is 0 Å².